The van der Waals surface area contributed by atoms with Crippen LogP contribution in [0.4, 0.5) is 0 Å². The van der Waals surface area contributed by atoms with E-state index in [4.69, 9.17) is 4.74 Å². The molecule has 1 saturated heterocycles. The highest BCUT2D eigenvalue weighted by Crippen LogP contribution is 2.14. The molecule has 2 aromatic carbocycles. The summed E-state index contributed by atoms with van der Waals surface area (Å²) in [5.74, 6) is 0.182. The van der Waals surface area contributed by atoms with Crippen molar-refractivity contribution in [1.29, 1.82) is 0 Å². The highest BCUT2D eigenvalue weighted by Gasteiger charge is 2.26. The van der Waals surface area contributed by atoms with Gasteiger partial charge >= 0.3 is 5.69 Å². The molecule has 31 heavy (non-hydrogen) atoms. The number of hydrogen-bond acceptors (Lipinski definition) is 5. The summed E-state index contributed by atoms with van der Waals surface area (Å²) in [5.41, 5.74) is 0.708. The third-order valence-electron chi connectivity index (χ3n) is 5.56. The van der Waals surface area contributed by atoms with Crippen molar-refractivity contribution in [3.8, 4) is 11.4 Å². The van der Waals surface area contributed by atoms with Gasteiger partial charge in [-0.3, -0.25) is 14.2 Å². The first-order valence-electron chi connectivity index (χ1n) is 10.2. The van der Waals surface area contributed by atoms with Gasteiger partial charge in [-0.1, -0.05) is 24.3 Å². The maximum Gasteiger partial charge on any atom is 0.352 e. The SMILES string of the molecule is COc1ccc(-n2nc(C(=O)N3CCCC3)c(=O)n(Cc3ccccc3C)c2=O)cc1. The number of methoxy groups -OCH3 is 1. The summed E-state index contributed by atoms with van der Waals surface area (Å²) in [6, 6.07) is 14.3. The number of aryl methyl sites for hydroxylation is 1. The van der Waals surface area contributed by atoms with E-state index in [0.29, 0.717) is 24.5 Å². The van der Waals surface area contributed by atoms with Gasteiger partial charge in [0.2, 0.25) is 5.69 Å². The number of likely N-dealkylation sites (tertiary alicyclic amines) is 1. The topological polar surface area (TPSA) is 86.4 Å². The third-order valence-corrected chi connectivity index (χ3v) is 5.56. The van der Waals surface area contributed by atoms with Crippen molar-refractivity contribution in [2.45, 2.75) is 26.3 Å². The lowest BCUT2D eigenvalue weighted by molar-refractivity contribution is 0.0781. The van der Waals surface area contributed by atoms with Crippen LogP contribution in [-0.2, 0) is 6.54 Å². The molecular formula is C23H24N4O4. The Kier molecular flexibility index (Phi) is 5.70. The quantitative estimate of drug-likeness (QED) is 0.630. The van der Waals surface area contributed by atoms with E-state index in [0.717, 1.165) is 33.2 Å². The molecular weight excluding hydrogens is 396 g/mol. The van der Waals surface area contributed by atoms with Gasteiger partial charge in [0, 0.05) is 13.1 Å². The number of amides is 1. The van der Waals surface area contributed by atoms with Gasteiger partial charge in [-0.25, -0.2) is 4.79 Å². The molecule has 0 bridgehead atoms. The molecule has 0 N–H and O–H groups in total. The monoisotopic (exact) mass is 420 g/mol. The Bertz CT molecular complexity index is 1220. The first-order chi connectivity index (χ1) is 15.0. The van der Waals surface area contributed by atoms with Crippen LogP contribution < -0.4 is 16.0 Å². The molecule has 8 nitrogen and oxygen atoms in total. The Morgan fingerprint density at radius 2 is 1.71 bits per heavy atom. The molecule has 0 saturated carbocycles. The molecule has 0 unspecified atom stereocenters. The Morgan fingerprint density at radius 3 is 2.35 bits per heavy atom. The highest BCUT2D eigenvalue weighted by atomic mass is 16.5. The van der Waals surface area contributed by atoms with E-state index in [2.05, 4.69) is 5.10 Å². The second-order valence-corrected chi connectivity index (χ2v) is 7.56. The minimum Gasteiger partial charge on any atom is -0.497 e. The molecule has 0 atom stereocenters. The van der Waals surface area contributed by atoms with Crippen LogP contribution >= 0.6 is 0 Å². The summed E-state index contributed by atoms with van der Waals surface area (Å²) in [7, 11) is 1.55. The van der Waals surface area contributed by atoms with Crippen molar-refractivity contribution in [2.75, 3.05) is 20.2 Å². The van der Waals surface area contributed by atoms with Crippen molar-refractivity contribution in [1.82, 2.24) is 19.2 Å². The molecule has 0 aliphatic carbocycles. The van der Waals surface area contributed by atoms with Crippen LogP contribution in [0.3, 0.4) is 0 Å². The number of carbonyl (C=O) groups is 1. The predicted octanol–water partition coefficient (Wildman–Crippen LogP) is 2.00. The van der Waals surface area contributed by atoms with Crippen molar-refractivity contribution >= 4 is 5.91 Å². The molecule has 3 aromatic rings. The second kappa shape index (κ2) is 8.59. The minimum atomic E-state index is -0.671. The fourth-order valence-corrected chi connectivity index (χ4v) is 3.71. The summed E-state index contributed by atoms with van der Waals surface area (Å²) in [4.78, 5) is 41.1. The lowest BCUT2D eigenvalue weighted by Gasteiger charge is -2.17. The maximum absolute atomic E-state index is 13.3. The highest BCUT2D eigenvalue weighted by molar-refractivity contribution is 5.92. The third kappa shape index (κ3) is 4.01. The zero-order chi connectivity index (χ0) is 22.0. The van der Waals surface area contributed by atoms with E-state index < -0.39 is 17.2 Å². The van der Waals surface area contributed by atoms with E-state index in [-0.39, 0.29) is 12.2 Å². The Morgan fingerprint density at radius 1 is 1.03 bits per heavy atom. The number of benzene rings is 2. The molecule has 2 heterocycles. The lowest BCUT2D eigenvalue weighted by Crippen LogP contribution is -2.46. The zero-order valence-electron chi connectivity index (χ0n) is 17.6. The van der Waals surface area contributed by atoms with Crippen molar-refractivity contribution in [3.63, 3.8) is 0 Å². The van der Waals surface area contributed by atoms with E-state index in [1.54, 1.807) is 36.3 Å². The van der Waals surface area contributed by atoms with Crippen LogP contribution in [0, 0.1) is 6.92 Å². The Labute approximate surface area is 179 Å². The van der Waals surface area contributed by atoms with E-state index in [9.17, 15) is 14.4 Å². The summed E-state index contributed by atoms with van der Waals surface area (Å²) < 4.78 is 7.38. The lowest BCUT2D eigenvalue weighted by atomic mass is 10.1. The van der Waals surface area contributed by atoms with Gasteiger partial charge in [0.25, 0.3) is 11.5 Å². The van der Waals surface area contributed by atoms with Gasteiger partial charge in [-0.2, -0.15) is 9.78 Å². The van der Waals surface area contributed by atoms with Crippen LogP contribution in [-0.4, -0.2) is 45.4 Å². The van der Waals surface area contributed by atoms with Crippen molar-refractivity contribution in [3.05, 3.63) is 86.2 Å². The maximum atomic E-state index is 13.3. The smallest absolute Gasteiger partial charge is 0.352 e. The van der Waals surface area contributed by atoms with E-state index >= 15 is 0 Å². The van der Waals surface area contributed by atoms with E-state index in [1.165, 1.54) is 0 Å². The normalized spacial score (nSPS) is 13.4. The van der Waals surface area contributed by atoms with Gasteiger partial charge in [-0.05, 0) is 55.2 Å². The predicted molar refractivity (Wildman–Crippen MR) is 116 cm³/mol. The number of ether oxygens (including phenoxy) is 1. The summed E-state index contributed by atoms with van der Waals surface area (Å²) in [6.45, 7) is 3.14. The molecule has 1 fully saturated rings. The number of rotatable bonds is 5. The summed E-state index contributed by atoms with van der Waals surface area (Å²) >= 11 is 0. The average molecular weight is 420 g/mol. The fraction of sp³-hybridized carbons (Fsp3) is 0.304. The molecule has 0 spiro atoms. The van der Waals surface area contributed by atoms with Crippen molar-refractivity contribution in [2.24, 2.45) is 0 Å². The average Bonchev–Trinajstić information content (AvgIpc) is 3.33. The second-order valence-electron chi connectivity index (χ2n) is 7.56. The molecule has 4 rings (SSSR count). The Balaban J connectivity index is 1.88. The largest absolute Gasteiger partial charge is 0.497 e. The van der Waals surface area contributed by atoms with Gasteiger partial charge in [0.15, 0.2) is 0 Å². The Hall–Kier alpha value is -3.68. The van der Waals surface area contributed by atoms with Gasteiger partial charge in [0.1, 0.15) is 5.75 Å². The van der Waals surface area contributed by atoms with Gasteiger partial charge < -0.3 is 9.64 Å². The van der Waals surface area contributed by atoms with Crippen LogP contribution in [0.25, 0.3) is 5.69 Å². The molecule has 1 aliphatic heterocycles. The standard InChI is InChI=1S/C23H24N4O4/c1-16-7-3-4-8-17(16)15-26-22(29)20(21(28)25-13-5-6-14-25)24-27(23(26)30)18-9-11-19(31-2)12-10-18/h3-4,7-12H,5-6,13-15H2,1-2H3. The molecule has 0 radical (unpaired) electrons. The summed E-state index contributed by atoms with van der Waals surface area (Å²) in [6.07, 6.45) is 1.78. The van der Waals surface area contributed by atoms with Gasteiger partial charge in [-0.15, -0.1) is 0 Å². The number of nitrogens with zero attached hydrogens (tertiary/aromatic N) is 4. The van der Waals surface area contributed by atoms with E-state index in [1.807, 2.05) is 31.2 Å². The number of carbonyl (C=O) groups excluding carboxylic acids is 1. The summed E-state index contributed by atoms with van der Waals surface area (Å²) in [5, 5.41) is 4.21. The van der Waals surface area contributed by atoms with Crippen LogP contribution in [0.15, 0.2) is 58.1 Å². The van der Waals surface area contributed by atoms with Crippen LogP contribution in [0.2, 0.25) is 0 Å². The first-order valence-corrected chi connectivity index (χ1v) is 10.2. The molecule has 160 valence electrons. The first kappa shape index (κ1) is 20.6. The number of hydrogen-bond donors (Lipinski definition) is 0. The van der Waals surface area contributed by atoms with Crippen LogP contribution in [0.5, 0.6) is 5.75 Å². The van der Waals surface area contributed by atoms with Gasteiger partial charge in [0.05, 0.1) is 19.3 Å². The molecule has 1 amide bonds. The molecule has 8 heteroatoms. The van der Waals surface area contributed by atoms with Crippen molar-refractivity contribution < 1.29 is 9.53 Å². The number of aromatic nitrogens is 3. The minimum absolute atomic E-state index is 0.0588. The zero-order valence-corrected chi connectivity index (χ0v) is 17.6. The fourth-order valence-electron chi connectivity index (χ4n) is 3.71. The molecule has 1 aromatic heterocycles. The molecule has 1 aliphatic rings. The van der Waals surface area contributed by atoms with Crippen LogP contribution in [0.1, 0.15) is 34.5 Å².